The maximum atomic E-state index is 11.8. The minimum atomic E-state index is -0.272. The normalized spacial score (nSPS) is 10.2. The molecular weight excluding hydrogens is 212 g/mol. The summed E-state index contributed by atoms with van der Waals surface area (Å²) >= 11 is 5.94. The molecule has 0 atom stereocenters. The van der Waals surface area contributed by atoms with Gasteiger partial charge in [-0.25, -0.2) is 0 Å². The van der Waals surface area contributed by atoms with Gasteiger partial charge in [0.05, 0.1) is 15.9 Å². The number of aromatic amines is 1. The Kier molecular flexibility index (Phi) is 2.22. The zero-order chi connectivity index (χ0) is 11.0. The van der Waals surface area contributed by atoms with Crippen molar-refractivity contribution in [3.63, 3.8) is 0 Å². The molecule has 1 N–H and O–H groups in total. The average molecular weight is 219 g/mol. The molecule has 0 radical (unpaired) electrons. The number of fused-ring (bicyclic) bond motifs is 1. The molecule has 1 aromatic carbocycles. The molecular formula is C11H7ClN2O. The molecule has 0 aliphatic carbocycles. The average Bonchev–Trinajstić information content (AvgIpc) is 2.23. The summed E-state index contributed by atoms with van der Waals surface area (Å²) in [5.74, 6) is 0. The summed E-state index contributed by atoms with van der Waals surface area (Å²) in [4.78, 5) is 14.7. The lowest BCUT2D eigenvalue weighted by Gasteiger charge is -2.03. The van der Waals surface area contributed by atoms with E-state index in [1.807, 2.05) is 13.0 Å². The van der Waals surface area contributed by atoms with Crippen LogP contribution in [-0.4, -0.2) is 4.98 Å². The van der Waals surface area contributed by atoms with Crippen LogP contribution in [0.4, 0.5) is 0 Å². The molecule has 74 valence electrons. The van der Waals surface area contributed by atoms with E-state index in [0.29, 0.717) is 15.9 Å². The predicted molar refractivity (Wildman–Crippen MR) is 59.0 cm³/mol. The maximum absolute atomic E-state index is 11.8. The molecule has 0 fully saturated rings. The number of hydrogen-bond acceptors (Lipinski definition) is 2. The van der Waals surface area contributed by atoms with Gasteiger partial charge in [-0.15, -0.1) is 0 Å². The summed E-state index contributed by atoms with van der Waals surface area (Å²) in [7, 11) is 0. The van der Waals surface area contributed by atoms with Gasteiger partial charge in [-0.1, -0.05) is 17.7 Å². The highest BCUT2D eigenvalue weighted by atomic mass is 35.5. The van der Waals surface area contributed by atoms with Crippen molar-refractivity contribution < 1.29 is 0 Å². The van der Waals surface area contributed by atoms with Crippen molar-refractivity contribution >= 4 is 22.5 Å². The van der Waals surface area contributed by atoms with E-state index in [-0.39, 0.29) is 11.0 Å². The van der Waals surface area contributed by atoms with Gasteiger partial charge in [-0.2, -0.15) is 5.26 Å². The van der Waals surface area contributed by atoms with Crippen molar-refractivity contribution in [1.82, 2.24) is 4.98 Å². The van der Waals surface area contributed by atoms with Crippen molar-refractivity contribution in [2.75, 3.05) is 0 Å². The van der Waals surface area contributed by atoms with Crippen molar-refractivity contribution in [2.24, 2.45) is 0 Å². The lowest BCUT2D eigenvalue weighted by molar-refractivity contribution is 1.33. The second-order valence-electron chi connectivity index (χ2n) is 3.26. The fourth-order valence-electron chi connectivity index (χ4n) is 1.54. The number of nitrogens with zero attached hydrogens (tertiary/aromatic N) is 1. The molecule has 0 aliphatic rings. The van der Waals surface area contributed by atoms with Crippen LogP contribution in [0, 0.1) is 18.3 Å². The molecule has 2 aromatic rings. The Morgan fingerprint density at radius 3 is 2.87 bits per heavy atom. The smallest absolute Gasteiger partial charge is 0.207 e. The highest BCUT2D eigenvalue weighted by Gasteiger charge is 2.09. The third-order valence-electron chi connectivity index (χ3n) is 2.32. The number of rotatable bonds is 0. The van der Waals surface area contributed by atoms with E-state index in [9.17, 15) is 4.79 Å². The molecule has 0 saturated heterocycles. The van der Waals surface area contributed by atoms with Gasteiger partial charge < -0.3 is 4.98 Å². The van der Waals surface area contributed by atoms with Crippen LogP contribution in [0.1, 0.15) is 11.1 Å². The fourth-order valence-corrected chi connectivity index (χ4v) is 1.75. The largest absolute Gasteiger partial charge is 0.358 e. The van der Waals surface area contributed by atoms with Gasteiger partial charge in [0.15, 0.2) is 0 Å². The van der Waals surface area contributed by atoms with E-state index < -0.39 is 0 Å². The van der Waals surface area contributed by atoms with Gasteiger partial charge in [0.25, 0.3) is 0 Å². The third kappa shape index (κ3) is 1.39. The number of benzene rings is 1. The van der Waals surface area contributed by atoms with Gasteiger partial charge in [-0.3, -0.25) is 4.79 Å². The van der Waals surface area contributed by atoms with Crippen molar-refractivity contribution in [2.45, 2.75) is 6.92 Å². The van der Waals surface area contributed by atoms with E-state index in [1.165, 1.54) is 6.20 Å². The maximum Gasteiger partial charge on any atom is 0.207 e. The first-order valence-electron chi connectivity index (χ1n) is 4.35. The number of aryl methyl sites for hydroxylation is 1. The number of hydrogen-bond donors (Lipinski definition) is 1. The summed E-state index contributed by atoms with van der Waals surface area (Å²) in [6, 6.07) is 5.34. The molecule has 0 spiro atoms. The van der Waals surface area contributed by atoms with Gasteiger partial charge in [0.1, 0.15) is 11.6 Å². The van der Waals surface area contributed by atoms with Crippen LogP contribution in [0.25, 0.3) is 10.9 Å². The van der Waals surface area contributed by atoms with E-state index in [1.54, 1.807) is 12.1 Å². The van der Waals surface area contributed by atoms with Crippen molar-refractivity contribution in [3.05, 3.63) is 44.7 Å². The first-order chi connectivity index (χ1) is 7.15. The Morgan fingerprint density at radius 2 is 2.20 bits per heavy atom. The zero-order valence-corrected chi connectivity index (χ0v) is 8.72. The molecule has 0 saturated carbocycles. The number of aromatic nitrogens is 1. The van der Waals surface area contributed by atoms with Crippen LogP contribution in [0.3, 0.4) is 0 Å². The Morgan fingerprint density at radius 1 is 1.47 bits per heavy atom. The van der Waals surface area contributed by atoms with Crippen molar-refractivity contribution in [1.29, 1.82) is 5.26 Å². The number of H-pyrrole nitrogens is 1. The van der Waals surface area contributed by atoms with Gasteiger partial charge in [0, 0.05) is 6.20 Å². The molecule has 2 rings (SSSR count). The minimum absolute atomic E-state index is 0.105. The van der Waals surface area contributed by atoms with E-state index in [2.05, 4.69) is 4.98 Å². The minimum Gasteiger partial charge on any atom is -0.358 e. The molecule has 1 heterocycles. The van der Waals surface area contributed by atoms with Gasteiger partial charge in [0.2, 0.25) is 5.43 Å². The molecule has 1 aromatic heterocycles. The Labute approximate surface area is 90.9 Å². The van der Waals surface area contributed by atoms with Crippen LogP contribution in [0.5, 0.6) is 0 Å². The van der Waals surface area contributed by atoms with E-state index in [4.69, 9.17) is 16.9 Å². The summed E-state index contributed by atoms with van der Waals surface area (Å²) < 4.78 is 0. The van der Waals surface area contributed by atoms with Crippen LogP contribution in [0.15, 0.2) is 23.1 Å². The number of nitriles is 1. The number of pyridine rings is 1. The molecule has 4 heteroatoms. The quantitative estimate of drug-likeness (QED) is 0.738. The molecule has 15 heavy (non-hydrogen) atoms. The van der Waals surface area contributed by atoms with Gasteiger partial charge in [-0.05, 0) is 18.6 Å². The second-order valence-corrected chi connectivity index (χ2v) is 3.66. The zero-order valence-electron chi connectivity index (χ0n) is 7.97. The van der Waals surface area contributed by atoms with Gasteiger partial charge >= 0.3 is 0 Å². The molecule has 0 bridgehead atoms. The first-order valence-corrected chi connectivity index (χ1v) is 4.73. The summed E-state index contributed by atoms with van der Waals surface area (Å²) in [5.41, 5.74) is 1.23. The van der Waals surface area contributed by atoms with Crippen LogP contribution < -0.4 is 5.43 Å². The van der Waals surface area contributed by atoms with Crippen LogP contribution >= 0.6 is 11.6 Å². The first kappa shape index (κ1) is 9.75. The Balaban J connectivity index is 3.07. The highest BCUT2D eigenvalue weighted by molar-refractivity contribution is 6.35. The number of nitrogens with one attached hydrogen (secondary N) is 1. The SMILES string of the molecule is Cc1ccc(Cl)c2[nH]cc(C#N)c(=O)c12. The molecule has 3 nitrogen and oxygen atoms in total. The predicted octanol–water partition coefficient (Wildman–Crippen LogP) is 2.36. The summed E-state index contributed by atoms with van der Waals surface area (Å²) in [5, 5.41) is 9.71. The van der Waals surface area contributed by atoms with Crippen molar-refractivity contribution in [3.8, 4) is 6.07 Å². The topological polar surface area (TPSA) is 56.6 Å². The summed E-state index contributed by atoms with van der Waals surface area (Å²) in [6.07, 6.45) is 1.38. The standard InChI is InChI=1S/C11H7ClN2O/c1-6-2-3-8(12)10-9(6)11(15)7(4-13)5-14-10/h2-3,5H,1H3,(H,14,15). The molecule has 0 aliphatic heterocycles. The second kappa shape index (κ2) is 3.41. The monoisotopic (exact) mass is 218 g/mol. The van der Waals surface area contributed by atoms with Crippen LogP contribution in [0.2, 0.25) is 5.02 Å². The molecule has 0 amide bonds. The number of halogens is 1. The Bertz CT molecular complexity index is 637. The lowest BCUT2D eigenvalue weighted by Crippen LogP contribution is -2.08. The third-order valence-corrected chi connectivity index (χ3v) is 2.63. The molecule has 0 unspecified atom stereocenters. The van der Waals surface area contributed by atoms with E-state index >= 15 is 0 Å². The lowest BCUT2D eigenvalue weighted by atomic mass is 10.1. The van der Waals surface area contributed by atoms with E-state index in [0.717, 1.165) is 5.56 Å². The fraction of sp³-hybridized carbons (Fsp3) is 0.0909. The summed E-state index contributed by atoms with van der Waals surface area (Å²) in [6.45, 7) is 1.81. The van der Waals surface area contributed by atoms with Crippen LogP contribution in [-0.2, 0) is 0 Å². The highest BCUT2D eigenvalue weighted by Crippen LogP contribution is 2.21. The Hall–Kier alpha value is -1.79.